The highest BCUT2D eigenvalue weighted by Gasteiger charge is 2.25. The molecular formula is C24H24N4O2Si. The zero-order valence-corrected chi connectivity index (χ0v) is 19.1. The van der Waals surface area contributed by atoms with Gasteiger partial charge in [0.2, 0.25) is 0 Å². The molecule has 2 aromatic heterocycles. The summed E-state index contributed by atoms with van der Waals surface area (Å²) in [5, 5.41) is 0. The van der Waals surface area contributed by atoms with E-state index >= 15 is 0 Å². The first-order chi connectivity index (χ1) is 14.9. The molecule has 3 heterocycles. The summed E-state index contributed by atoms with van der Waals surface area (Å²) in [7, 11) is -1.51. The maximum Gasteiger partial charge on any atom is 0.358 e. The van der Waals surface area contributed by atoms with Gasteiger partial charge in [-0.05, 0) is 37.3 Å². The minimum atomic E-state index is -1.51. The van der Waals surface area contributed by atoms with Gasteiger partial charge in [0.05, 0.1) is 35.9 Å². The van der Waals surface area contributed by atoms with E-state index in [2.05, 4.69) is 47.1 Å². The first-order valence-electron chi connectivity index (χ1n) is 10.2. The number of aliphatic imine (C=N–C) groups is 1. The van der Waals surface area contributed by atoms with Gasteiger partial charge >= 0.3 is 5.97 Å². The van der Waals surface area contributed by atoms with E-state index in [9.17, 15) is 4.79 Å². The van der Waals surface area contributed by atoms with E-state index in [4.69, 9.17) is 9.73 Å². The van der Waals surface area contributed by atoms with Gasteiger partial charge in [-0.15, -0.1) is 5.54 Å². The number of hydrogen-bond donors (Lipinski definition) is 0. The smallest absolute Gasteiger partial charge is 0.358 e. The van der Waals surface area contributed by atoms with Crippen molar-refractivity contribution in [3.8, 4) is 17.2 Å². The van der Waals surface area contributed by atoms with E-state index in [1.54, 1.807) is 19.4 Å². The lowest BCUT2D eigenvalue weighted by Crippen LogP contribution is -2.16. The molecular weight excluding hydrogens is 404 g/mol. The van der Waals surface area contributed by atoms with Gasteiger partial charge in [0.15, 0.2) is 5.69 Å². The summed E-state index contributed by atoms with van der Waals surface area (Å²) >= 11 is 0. The highest BCUT2D eigenvalue weighted by Crippen LogP contribution is 2.27. The lowest BCUT2D eigenvalue weighted by atomic mass is 10.0. The average Bonchev–Trinajstić information content (AvgIpc) is 3.10. The first-order valence-corrected chi connectivity index (χ1v) is 13.7. The van der Waals surface area contributed by atoms with Crippen LogP contribution in [0.4, 0.5) is 0 Å². The monoisotopic (exact) mass is 428 g/mol. The third kappa shape index (κ3) is 4.34. The first kappa shape index (κ1) is 20.8. The highest BCUT2D eigenvalue weighted by atomic mass is 28.3. The Morgan fingerprint density at radius 2 is 2.03 bits per heavy atom. The number of esters is 1. The van der Waals surface area contributed by atoms with Crippen molar-refractivity contribution in [2.75, 3.05) is 6.61 Å². The van der Waals surface area contributed by atoms with Crippen LogP contribution in [0.3, 0.4) is 0 Å². The number of imidazole rings is 1. The van der Waals surface area contributed by atoms with Crippen LogP contribution in [0.25, 0.3) is 5.69 Å². The standard InChI is InChI=1S/C24H24N4O2Si/c1-5-30-24(29)23-21-15-26-22(19-8-6-7-12-25-19)18-14-17(11-13-31(2,3)4)9-10-20(18)28(21)16-27-23/h6-10,12,14,16H,5,15H2,1-4H3. The van der Waals surface area contributed by atoms with E-state index in [1.807, 2.05) is 34.9 Å². The van der Waals surface area contributed by atoms with Gasteiger partial charge in [-0.3, -0.25) is 14.5 Å². The van der Waals surface area contributed by atoms with Gasteiger partial charge in [0, 0.05) is 17.3 Å². The van der Waals surface area contributed by atoms with Crippen molar-refractivity contribution in [3.63, 3.8) is 0 Å². The number of pyridine rings is 1. The maximum absolute atomic E-state index is 12.4. The number of fused-ring (bicyclic) bond motifs is 3. The van der Waals surface area contributed by atoms with Gasteiger partial charge in [-0.25, -0.2) is 9.78 Å². The summed E-state index contributed by atoms with van der Waals surface area (Å²) in [4.78, 5) is 26.1. The second kappa shape index (κ2) is 8.32. The number of benzene rings is 1. The van der Waals surface area contributed by atoms with Crippen LogP contribution in [-0.2, 0) is 11.3 Å². The van der Waals surface area contributed by atoms with E-state index < -0.39 is 14.0 Å². The van der Waals surface area contributed by atoms with E-state index in [0.29, 0.717) is 24.5 Å². The second-order valence-corrected chi connectivity index (χ2v) is 13.0. The normalized spacial score (nSPS) is 12.6. The zero-order valence-electron chi connectivity index (χ0n) is 18.1. The molecule has 3 aromatic rings. The predicted molar refractivity (Wildman–Crippen MR) is 123 cm³/mol. The molecule has 4 rings (SSSR count). The lowest BCUT2D eigenvalue weighted by molar-refractivity contribution is 0.0518. The number of rotatable bonds is 3. The number of carbonyl (C=O) groups is 1. The second-order valence-electron chi connectivity index (χ2n) is 8.24. The van der Waals surface area contributed by atoms with E-state index in [1.165, 1.54) is 0 Å². The van der Waals surface area contributed by atoms with Crippen LogP contribution in [0.2, 0.25) is 19.6 Å². The van der Waals surface area contributed by atoms with Crippen molar-refractivity contribution in [3.05, 3.63) is 77.1 Å². The predicted octanol–water partition coefficient (Wildman–Crippen LogP) is 4.02. The summed E-state index contributed by atoms with van der Waals surface area (Å²) in [6.07, 6.45) is 3.41. The molecule has 0 bridgehead atoms. The van der Waals surface area contributed by atoms with Crippen LogP contribution in [0.1, 0.15) is 39.9 Å². The largest absolute Gasteiger partial charge is 0.461 e. The minimum Gasteiger partial charge on any atom is -0.461 e. The van der Waals surface area contributed by atoms with E-state index in [0.717, 1.165) is 28.2 Å². The molecule has 31 heavy (non-hydrogen) atoms. The molecule has 0 radical (unpaired) electrons. The number of carbonyl (C=O) groups excluding carboxylic acids is 1. The number of aromatic nitrogens is 3. The van der Waals surface area contributed by atoms with E-state index in [-0.39, 0.29) is 0 Å². The van der Waals surface area contributed by atoms with Crippen molar-refractivity contribution in [2.45, 2.75) is 33.1 Å². The fourth-order valence-electron chi connectivity index (χ4n) is 3.34. The Kier molecular flexibility index (Phi) is 5.57. The summed E-state index contributed by atoms with van der Waals surface area (Å²) in [6.45, 7) is 9.03. The molecule has 0 amide bonds. The van der Waals surface area contributed by atoms with Crippen LogP contribution in [0.15, 0.2) is 53.9 Å². The SMILES string of the molecule is CCOC(=O)c1ncn2c1CN=C(c1ccccn1)c1cc(C#C[Si](C)(C)C)ccc1-2. The molecule has 1 aliphatic rings. The molecule has 0 unspecified atom stereocenters. The van der Waals surface area contributed by atoms with Crippen LogP contribution in [0, 0.1) is 11.5 Å². The fourth-order valence-corrected chi connectivity index (χ4v) is 3.86. The van der Waals surface area contributed by atoms with Gasteiger partial charge < -0.3 is 4.74 Å². The van der Waals surface area contributed by atoms with Crippen molar-refractivity contribution in [1.29, 1.82) is 0 Å². The van der Waals surface area contributed by atoms with Crippen LogP contribution >= 0.6 is 0 Å². The Labute approximate surface area is 183 Å². The van der Waals surface area contributed by atoms with Crippen molar-refractivity contribution >= 4 is 19.8 Å². The third-order valence-electron chi connectivity index (χ3n) is 4.72. The Bertz CT molecular complexity index is 1230. The molecule has 7 heteroatoms. The van der Waals surface area contributed by atoms with Gasteiger partial charge in [0.25, 0.3) is 0 Å². The molecule has 0 atom stereocenters. The fraction of sp³-hybridized carbons (Fsp3) is 0.250. The molecule has 0 N–H and O–H groups in total. The minimum absolute atomic E-state index is 0.293. The summed E-state index contributed by atoms with van der Waals surface area (Å²) < 4.78 is 7.10. The Hall–Kier alpha value is -3.50. The average molecular weight is 429 g/mol. The molecule has 0 saturated heterocycles. The molecule has 6 nitrogen and oxygen atoms in total. The summed E-state index contributed by atoms with van der Waals surface area (Å²) in [6, 6.07) is 11.8. The quantitative estimate of drug-likeness (QED) is 0.359. The molecule has 0 fully saturated rings. The van der Waals surface area contributed by atoms with Gasteiger partial charge in [0.1, 0.15) is 14.4 Å². The molecule has 0 aliphatic carbocycles. The summed E-state index contributed by atoms with van der Waals surface area (Å²) in [5.41, 5.74) is 8.68. The molecule has 0 spiro atoms. The van der Waals surface area contributed by atoms with Crippen LogP contribution in [0.5, 0.6) is 0 Å². The Morgan fingerprint density at radius 3 is 2.74 bits per heavy atom. The van der Waals surface area contributed by atoms with Gasteiger partial charge in [-0.1, -0.05) is 31.6 Å². The zero-order chi connectivity index (χ0) is 22.0. The number of ether oxygens (including phenoxy) is 1. The highest BCUT2D eigenvalue weighted by molar-refractivity contribution is 6.83. The topological polar surface area (TPSA) is 69.4 Å². The molecule has 0 saturated carbocycles. The molecule has 1 aromatic carbocycles. The third-order valence-corrected chi connectivity index (χ3v) is 5.60. The number of nitrogens with zero attached hydrogens (tertiary/aromatic N) is 4. The molecule has 1 aliphatic heterocycles. The van der Waals surface area contributed by atoms with Crippen LogP contribution < -0.4 is 0 Å². The van der Waals surface area contributed by atoms with Crippen molar-refractivity contribution in [1.82, 2.24) is 14.5 Å². The number of hydrogen-bond acceptors (Lipinski definition) is 5. The lowest BCUT2D eigenvalue weighted by Gasteiger charge is -2.12. The Morgan fingerprint density at radius 1 is 1.19 bits per heavy atom. The Balaban J connectivity index is 1.90. The maximum atomic E-state index is 12.4. The van der Waals surface area contributed by atoms with Crippen molar-refractivity contribution in [2.24, 2.45) is 4.99 Å². The van der Waals surface area contributed by atoms with Gasteiger partial charge in [-0.2, -0.15) is 0 Å². The van der Waals surface area contributed by atoms with Crippen molar-refractivity contribution < 1.29 is 9.53 Å². The molecule has 156 valence electrons. The van der Waals surface area contributed by atoms with Crippen LogP contribution in [-0.4, -0.2) is 40.9 Å². The summed E-state index contributed by atoms with van der Waals surface area (Å²) in [5.74, 6) is 2.89.